The van der Waals surface area contributed by atoms with Gasteiger partial charge in [-0.2, -0.15) is 0 Å². The van der Waals surface area contributed by atoms with Crippen LogP contribution in [-0.4, -0.2) is 44.3 Å². The molecule has 0 saturated heterocycles. The van der Waals surface area contributed by atoms with Gasteiger partial charge in [0.1, 0.15) is 17.5 Å². The Balaban J connectivity index is 2.28. The number of rotatable bonds is 6. The quantitative estimate of drug-likeness (QED) is 0.834. The van der Waals surface area contributed by atoms with Crippen LogP contribution in [-0.2, 0) is 4.74 Å². The Morgan fingerprint density at radius 1 is 1.39 bits per heavy atom. The molecule has 0 atom stereocenters. The summed E-state index contributed by atoms with van der Waals surface area (Å²) in [4.78, 5) is 11.4. The molecule has 1 aromatic heterocycles. The number of hydrogen-bond donors (Lipinski definition) is 1. The van der Waals surface area contributed by atoms with E-state index in [0.29, 0.717) is 12.5 Å². The lowest BCUT2D eigenvalue weighted by Crippen LogP contribution is -2.25. The van der Waals surface area contributed by atoms with E-state index >= 15 is 0 Å². The standard InChI is InChI=1S/C13H22N4O/c1-9-11(14-2)15-12(10-5-6-10)16-13(9)17(3)7-8-18-4/h10H,5-8H2,1-4H3,(H,14,15,16). The van der Waals surface area contributed by atoms with Gasteiger partial charge in [-0.25, -0.2) is 9.97 Å². The molecule has 0 aliphatic heterocycles. The smallest absolute Gasteiger partial charge is 0.137 e. The lowest BCUT2D eigenvalue weighted by atomic mass is 10.2. The lowest BCUT2D eigenvalue weighted by Gasteiger charge is -2.21. The van der Waals surface area contributed by atoms with E-state index in [2.05, 4.69) is 22.1 Å². The second-order valence-corrected chi connectivity index (χ2v) is 4.82. The fourth-order valence-electron chi connectivity index (χ4n) is 1.99. The first kappa shape index (κ1) is 13.1. The summed E-state index contributed by atoms with van der Waals surface area (Å²) < 4.78 is 5.12. The van der Waals surface area contributed by atoms with Gasteiger partial charge >= 0.3 is 0 Å². The maximum absolute atomic E-state index is 5.12. The van der Waals surface area contributed by atoms with E-state index in [4.69, 9.17) is 9.72 Å². The monoisotopic (exact) mass is 250 g/mol. The zero-order valence-corrected chi connectivity index (χ0v) is 11.7. The van der Waals surface area contributed by atoms with Gasteiger partial charge in [-0.1, -0.05) is 0 Å². The van der Waals surface area contributed by atoms with Crippen molar-refractivity contribution in [3.63, 3.8) is 0 Å². The average molecular weight is 250 g/mol. The molecule has 1 saturated carbocycles. The van der Waals surface area contributed by atoms with Crippen LogP contribution in [0.4, 0.5) is 11.6 Å². The molecular weight excluding hydrogens is 228 g/mol. The van der Waals surface area contributed by atoms with Crippen LogP contribution in [0.5, 0.6) is 0 Å². The molecule has 1 aliphatic rings. The van der Waals surface area contributed by atoms with E-state index in [9.17, 15) is 0 Å². The highest BCUT2D eigenvalue weighted by Gasteiger charge is 2.28. The molecule has 2 rings (SSSR count). The third-order valence-corrected chi connectivity index (χ3v) is 3.31. The van der Waals surface area contributed by atoms with Gasteiger partial charge < -0.3 is 15.0 Å². The summed E-state index contributed by atoms with van der Waals surface area (Å²) in [5.74, 6) is 3.48. The Kier molecular flexibility index (Phi) is 4.01. The highest BCUT2D eigenvalue weighted by Crippen LogP contribution is 2.39. The van der Waals surface area contributed by atoms with E-state index < -0.39 is 0 Å². The van der Waals surface area contributed by atoms with Crippen molar-refractivity contribution in [3.05, 3.63) is 11.4 Å². The predicted octanol–water partition coefficient (Wildman–Crippen LogP) is 1.79. The molecule has 0 unspecified atom stereocenters. The van der Waals surface area contributed by atoms with Gasteiger partial charge in [-0.15, -0.1) is 0 Å². The predicted molar refractivity (Wildman–Crippen MR) is 73.4 cm³/mol. The van der Waals surface area contributed by atoms with Crippen LogP contribution in [0.2, 0.25) is 0 Å². The second kappa shape index (κ2) is 5.52. The Labute approximate surface area is 109 Å². The molecule has 1 aromatic rings. The molecule has 5 nitrogen and oxygen atoms in total. The molecule has 1 N–H and O–H groups in total. The maximum Gasteiger partial charge on any atom is 0.137 e. The van der Waals surface area contributed by atoms with E-state index in [1.807, 2.05) is 14.1 Å². The van der Waals surface area contributed by atoms with Crippen molar-refractivity contribution in [1.29, 1.82) is 0 Å². The van der Waals surface area contributed by atoms with Gasteiger partial charge in [0.2, 0.25) is 0 Å². The third kappa shape index (κ3) is 2.72. The highest BCUT2D eigenvalue weighted by molar-refractivity contribution is 5.58. The summed E-state index contributed by atoms with van der Waals surface area (Å²) in [7, 11) is 5.67. The highest BCUT2D eigenvalue weighted by atomic mass is 16.5. The summed E-state index contributed by atoms with van der Waals surface area (Å²) in [6.45, 7) is 3.59. The summed E-state index contributed by atoms with van der Waals surface area (Å²) >= 11 is 0. The number of methoxy groups -OCH3 is 1. The van der Waals surface area contributed by atoms with Crippen molar-refractivity contribution in [1.82, 2.24) is 9.97 Å². The zero-order valence-electron chi connectivity index (χ0n) is 11.7. The van der Waals surface area contributed by atoms with Crippen LogP contribution in [0.25, 0.3) is 0 Å². The van der Waals surface area contributed by atoms with E-state index in [-0.39, 0.29) is 0 Å². The first-order valence-corrected chi connectivity index (χ1v) is 6.43. The van der Waals surface area contributed by atoms with Gasteiger partial charge in [0.25, 0.3) is 0 Å². The Bertz CT molecular complexity index is 418. The summed E-state index contributed by atoms with van der Waals surface area (Å²) in [5, 5.41) is 3.16. The van der Waals surface area contributed by atoms with Crippen LogP contribution >= 0.6 is 0 Å². The van der Waals surface area contributed by atoms with Gasteiger partial charge in [0.15, 0.2) is 0 Å². The van der Waals surface area contributed by atoms with Crippen molar-refractivity contribution in [2.75, 3.05) is 44.6 Å². The first-order valence-electron chi connectivity index (χ1n) is 6.43. The molecule has 5 heteroatoms. The molecule has 100 valence electrons. The van der Waals surface area contributed by atoms with Crippen molar-refractivity contribution in [2.45, 2.75) is 25.7 Å². The molecular formula is C13H22N4O. The number of nitrogens with one attached hydrogen (secondary N) is 1. The molecule has 0 radical (unpaired) electrons. The molecule has 0 aromatic carbocycles. The number of ether oxygens (including phenoxy) is 1. The van der Waals surface area contributed by atoms with E-state index in [1.165, 1.54) is 12.8 Å². The van der Waals surface area contributed by atoms with Gasteiger partial charge in [-0.05, 0) is 19.8 Å². The Hall–Kier alpha value is -1.36. The topological polar surface area (TPSA) is 50.3 Å². The fourth-order valence-corrected chi connectivity index (χ4v) is 1.99. The Morgan fingerprint density at radius 2 is 2.11 bits per heavy atom. The first-order chi connectivity index (χ1) is 8.67. The van der Waals surface area contributed by atoms with Gasteiger partial charge in [0, 0.05) is 39.2 Å². The Morgan fingerprint density at radius 3 is 2.67 bits per heavy atom. The lowest BCUT2D eigenvalue weighted by molar-refractivity contribution is 0.206. The largest absolute Gasteiger partial charge is 0.383 e. The van der Waals surface area contributed by atoms with Gasteiger partial charge in [-0.3, -0.25) is 0 Å². The summed E-state index contributed by atoms with van der Waals surface area (Å²) in [5.41, 5.74) is 1.10. The van der Waals surface area contributed by atoms with Crippen LogP contribution < -0.4 is 10.2 Å². The summed E-state index contributed by atoms with van der Waals surface area (Å²) in [6, 6.07) is 0. The zero-order chi connectivity index (χ0) is 13.1. The second-order valence-electron chi connectivity index (χ2n) is 4.82. The van der Waals surface area contributed by atoms with Crippen molar-refractivity contribution in [2.24, 2.45) is 0 Å². The van der Waals surface area contributed by atoms with Crippen LogP contribution in [0.1, 0.15) is 30.1 Å². The number of anilines is 2. The van der Waals surface area contributed by atoms with E-state index in [1.54, 1.807) is 7.11 Å². The number of nitrogens with zero attached hydrogens (tertiary/aromatic N) is 3. The maximum atomic E-state index is 5.12. The minimum absolute atomic E-state index is 0.562. The average Bonchev–Trinajstić information content (AvgIpc) is 3.20. The molecule has 0 bridgehead atoms. The van der Waals surface area contributed by atoms with E-state index in [0.717, 1.165) is 29.6 Å². The van der Waals surface area contributed by atoms with Crippen LogP contribution in [0.15, 0.2) is 0 Å². The van der Waals surface area contributed by atoms with Crippen molar-refractivity contribution in [3.8, 4) is 0 Å². The number of likely N-dealkylation sites (N-methyl/N-ethyl adjacent to an activating group) is 1. The van der Waals surface area contributed by atoms with Crippen LogP contribution in [0.3, 0.4) is 0 Å². The molecule has 0 spiro atoms. The molecule has 1 fully saturated rings. The SMILES string of the molecule is CNc1nc(C2CC2)nc(N(C)CCOC)c1C. The normalized spacial score (nSPS) is 14.7. The number of hydrogen-bond acceptors (Lipinski definition) is 5. The molecule has 1 aliphatic carbocycles. The van der Waals surface area contributed by atoms with Crippen LogP contribution in [0, 0.1) is 6.92 Å². The minimum atomic E-state index is 0.562. The molecule has 1 heterocycles. The minimum Gasteiger partial charge on any atom is -0.383 e. The third-order valence-electron chi connectivity index (χ3n) is 3.31. The molecule has 18 heavy (non-hydrogen) atoms. The summed E-state index contributed by atoms with van der Waals surface area (Å²) in [6.07, 6.45) is 2.43. The molecule has 0 amide bonds. The van der Waals surface area contributed by atoms with Crippen molar-refractivity contribution < 1.29 is 4.74 Å². The van der Waals surface area contributed by atoms with Gasteiger partial charge in [0.05, 0.1) is 6.61 Å². The van der Waals surface area contributed by atoms with Crippen molar-refractivity contribution >= 4 is 11.6 Å². The fraction of sp³-hybridized carbons (Fsp3) is 0.692. The number of aromatic nitrogens is 2.